The monoisotopic (exact) mass is 309 g/mol. The van der Waals surface area contributed by atoms with Gasteiger partial charge >= 0.3 is 0 Å². The van der Waals surface area contributed by atoms with E-state index in [1.807, 2.05) is 31.2 Å². The Kier molecular flexibility index (Phi) is 4.80. The van der Waals surface area contributed by atoms with Gasteiger partial charge in [0.15, 0.2) is 0 Å². The number of thioether (sulfide) groups is 1. The molecule has 0 radical (unpaired) electrons. The first-order valence-corrected chi connectivity index (χ1v) is 7.92. The molecule has 0 spiro atoms. The Hall–Kier alpha value is -1.37. The van der Waals surface area contributed by atoms with Gasteiger partial charge in [-0.05, 0) is 25.0 Å². The topological polar surface area (TPSA) is 63.4 Å². The minimum Gasteiger partial charge on any atom is -0.388 e. The van der Waals surface area contributed by atoms with Crippen LogP contribution in [0.15, 0.2) is 34.5 Å². The maximum atomic E-state index is 11.1. The fraction of sp³-hybridized carbons (Fsp3) is 0.286. The van der Waals surface area contributed by atoms with Crippen LogP contribution in [0.2, 0.25) is 0 Å². The number of aliphatic hydroxyl groups excluding tert-OH is 1. The van der Waals surface area contributed by atoms with Crippen LogP contribution in [-0.2, 0) is 5.75 Å². The molecular formula is C14H15NO3S2. The lowest BCUT2D eigenvalue weighted by Gasteiger charge is -2.03. The molecule has 0 bridgehead atoms. The van der Waals surface area contributed by atoms with Gasteiger partial charge in [0.2, 0.25) is 0 Å². The second-order valence-corrected chi connectivity index (χ2v) is 6.80. The summed E-state index contributed by atoms with van der Waals surface area (Å²) in [4.78, 5) is 11.3. The zero-order chi connectivity index (χ0) is 14.7. The summed E-state index contributed by atoms with van der Waals surface area (Å²) in [6.07, 6.45) is -0.675. The molecule has 0 fully saturated rings. The van der Waals surface area contributed by atoms with E-state index < -0.39 is 6.10 Å². The molecule has 106 valence electrons. The standard InChI is InChI=1S/C14H15NO3S2/c1-9-5-3-4-6-11(9)8-19-14-12(15(17)18)7-13(20-14)10(2)16/h3-7,10,16H,8H2,1-2H3. The van der Waals surface area contributed by atoms with Crippen LogP contribution in [0.4, 0.5) is 5.69 Å². The van der Waals surface area contributed by atoms with Gasteiger partial charge in [0.1, 0.15) is 4.21 Å². The van der Waals surface area contributed by atoms with Gasteiger partial charge < -0.3 is 5.11 Å². The summed E-state index contributed by atoms with van der Waals surface area (Å²) in [6.45, 7) is 3.64. The number of aryl methyl sites for hydroxylation is 1. The molecule has 1 aromatic carbocycles. The molecule has 1 heterocycles. The van der Waals surface area contributed by atoms with Gasteiger partial charge in [-0.25, -0.2) is 0 Å². The molecule has 0 aliphatic carbocycles. The average Bonchev–Trinajstić information content (AvgIpc) is 2.82. The van der Waals surface area contributed by atoms with Crippen molar-refractivity contribution < 1.29 is 10.0 Å². The zero-order valence-corrected chi connectivity index (χ0v) is 12.8. The van der Waals surface area contributed by atoms with Crippen LogP contribution in [0.3, 0.4) is 0 Å². The van der Waals surface area contributed by atoms with Gasteiger partial charge in [0, 0.05) is 16.7 Å². The maximum Gasteiger partial charge on any atom is 0.294 e. The summed E-state index contributed by atoms with van der Waals surface area (Å²) in [6, 6.07) is 9.46. The summed E-state index contributed by atoms with van der Waals surface area (Å²) >= 11 is 2.74. The third-order valence-corrected chi connectivity index (χ3v) is 5.55. The number of aliphatic hydroxyl groups is 1. The Labute approximate surface area is 125 Å². The van der Waals surface area contributed by atoms with E-state index in [2.05, 4.69) is 0 Å². The van der Waals surface area contributed by atoms with Crippen molar-refractivity contribution in [2.45, 2.75) is 29.9 Å². The molecule has 20 heavy (non-hydrogen) atoms. The van der Waals surface area contributed by atoms with Crippen molar-refractivity contribution in [2.24, 2.45) is 0 Å². The summed E-state index contributed by atoms with van der Waals surface area (Å²) < 4.78 is 0.647. The van der Waals surface area contributed by atoms with Crippen molar-refractivity contribution in [1.29, 1.82) is 0 Å². The summed E-state index contributed by atoms with van der Waals surface area (Å²) in [5, 5.41) is 20.6. The van der Waals surface area contributed by atoms with Crippen LogP contribution in [0.5, 0.6) is 0 Å². The summed E-state index contributed by atoms with van der Waals surface area (Å²) in [5.41, 5.74) is 2.43. The Bertz CT molecular complexity index is 623. The molecule has 1 aromatic heterocycles. The van der Waals surface area contributed by atoms with E-state index in [-0.39, 0.29) is 10.6 Å². The van der Waals surface area contributed by atoms with Crippen molar-refractivity contribution >= 4 is 28.8 Å². The van der Waals surface area contributed by atoms with Crippen LogP contribution in [0, 0.1) is 17.0 Å². The molecular weight excluding hydrogens is 294 g/mol. The molecule has 1 N–H and O–H groups in total. The molecule has 0 aliphatic heterocycles. The molecule has 4 nitrogen and oxygen atoms in total. The van der Waals surface area contributed by atoms with Crippen molar-refractivity contribution in [1.82, 2.24) is 0 Å². The van der Waals surface area contributed by atoms with Crippen molar-refractivity contribution in [2.75, 3.05) is 0 Å². The van der Waals surface area contributed by atoms with E-state index in [1.54, 1.807) is 6.92 Å². The van der Waals surface area contributed by atoms with E-state index in [1.165, 1.54) is 40.3 Å². The van der Waals surface area contributed by atoms with Crippen LogP contribution in [0.1, 0.15) is 29.0 Å². The minimum atomic E-state index is -0.675. The largest absolute Gasteiger partial charge is 0.388 e. The summed E-state index contributed by atoms with van der Waals surface area (Å²) in [5.74, 6) is 0.688. The Morgan fingerprint density at radius 2 is 2.15 bits per heavy atom. The molecule has 1 atom stereocenters. The maximum absolute atomic E-state index is 11.1. The quantitative estimate of drug-likeness (QED) is 0.508. The highest BCUT2D eigenvalue weighted by Gasteiger charge is 2.21. The Morgan fingerprint density at radius 3 is 2.75 bits per heavy atom. The third kappa shape index (κ3) is 3.39. The number of thiophene rings is 1. The normalized spacial score (nSPS) is 12.3. The highest BCUT2D eigenvalue weighted by atomic mass is 32.2. The highest BCUT2D eigenvalue weighted by molar-refractivity contribution is 8.00. The van der Waals surface area contributed by atoms with E-state index in [9.17, 15) is 15.2 Å². The number of hydrogen-bond acceptors (Lipinski definition) is 5. The number of hydrogen-bond donors (Lipinski definition) is 1. The second-order valence-electron chi connectivity index (χ2n) is 4.47. The van der Waals surface area contributed by atoms with Crippen LogP contribution < -0.4 is 0 Å². The number of benzene rings is 1. The van der Waals surface area contributed by atoms with Crippen molar-refractivity contribution in [3.63, 3.8) is 0 Å². The third-order valence-electron chi connectivity index (χ3n) is 2.93. The molecule has 0 amide bonds. The van der Waals surface area contributed by atoms with Gasteiger partial charge in [0.25, 0.3) is 5.69 Å². The second kappa shape index (κ2) is 6.39. The van der Waals surface area contributed by atoms with E-state index in [0.717, 1.165) is 0 Å². The molecule has 6 heteroatoms. The fourth-order valence-electron chi connectivity index (χ4n) is 1.73. The molecule has 0 saturated heterocycles. The minimum absolute atomic E-state index is 0.0875. The van der Waals surface area contributed by atoms with E-state index in [0.29, 0.717) is 14.8 Å². The average molecular weight is 309 g/mol. The van der Waals surface area contributed by atoms with Crippen molar-refractivity contribution in [3.8, 4) is 0 Å². The van der Waals surface area contributed by atoms with Gasteiger partial charge in [0.05, 0.1) is 11.0 Å². The zero-order valence-electron chi connectivity index (χ0n) is 11.2. The first-order valence-electron chi connectivity index (χ1n) is 6.12. The Morgan fingerprint density at radius 1 is 1.45 bits per heavy atom. The fourth-order valence-corrected chi connectivity index (χ4v) is 4.12. The number of nitrogens with zero attached hydrogens (tertiary/aromatic N) is 1. The van der Waals surface area contributed by atoms with Crippen LogP contribution >= 0.6 is 23.1 Å². The Balaban J connectivity index is 2.20. The first kappa shape index (κ1) is 15.0. The van der Waals surface area contributed by atoms with E-state index in [4.69, 9.17) is 0 Å². The predicted molar refractivity (Wildman–Crippen MR) is 82.3 cm³/mol. The van der Waals surface area contributed by atoms with Crippen LogP contribution in [0.25, 0.3) is 0 Å². The van der Waals surface area contributed by atoms with Gasteiger partial charge in [-0.3, -0.25) is 10.1 Å². The smallest absolute Gasteiger partial charge is 0.294 e. The molecule has 1 unspecified atom stereocenters. The molecule has 0 aliphatic rings. The SMILES string of the molecule is Cc1ccccc1CSc1sc(C(C)O)cc1[N+](=O)[O-]. The summed E-state index contributed by atoms with van der Waals surface area (Å²) in [7, 11) is 0. The van der Waals surface area contributed by atoms with Gasteiger partial charge in [-0.2, -0.15) is 0 Å². The highest BCUT2D eigenvalue weighted by Crippen LogP contribution is 2.41. The van der Waals surface area contributed by atoms with Crippen LogP contribution in [-0.4, -0.2) is 10.0 Å². The van der Waals surface area contributed by atoms with E-state index >= 15 is 0 Å². The lowest BCUT2D eigenvalue weighted by atomic mass is 10.1. The molecule has 2 rings (SSSR count). The predicted octanol–water partition coefficient (Wildman–Crippen LogP) is 4.31. The lowest BCUT2D eigenvalue weighted by molar-refractivity contribution is -0.387. The number of rotatable bonds is 5. The van der Waals surface area contributed by atoms with Crippen molar-refractivity contribution in [3.05, 3.63) is 56.5 Å². The molecule has 2 aromatic rings. The van der Waals surface area contributed by atoms with Gasteiger partial charge in [-0.1, -0.05) is 24.3 Å². The molecule has 0 saturated carbocycles. The number of nitro groups is 1. The first-order chi connectivity index (χ1) is 9.49. The lowest BCUT2D eigenvalue weighted by Crippen LogP contribution is -1.88. The van der Waals surface area contributed by atoms with Gasteiger partial charge in [-0.15, -0.1) is 23.1 Å².